The average Bonchev–Trinajstić information content (AvgIpc) is 0. The molecule has 0 rings (SSSR count). The first kappa shape index (κ1) is 486. The van der Waals surface area contributed by atoms with Crippen molar-refractivity contribution in [3.8, 4) is 0 Å². The van der Waals surface area contributed by atoms with Crippen LogP contribution in [0.5, 0.6) is 0 Å². The van der Waals surface area contributed by atoms with E-state index < -0.39 is 0 Å². The Balaban J connectivity index is 0. The maximum atomic E-state index is 0. The molecule has 10 heteroatoms. The van der Waals surface area contributed by atoms with Crippen LogP contribution in [0.4, 0.5) is 0 Å². The van der Waals surface area contributed by atoms with E-state index in [-0.39, 0.29) is 98.1 Å². The third-order valence-corrected chi connectivity index (χ3v) is 0. The van der Waals surface area contributed by atoms with Crippen molar-refractivity contribution in [2.24, 2.45) is 0 Å². The molecule has 0 aliphatic heterocycles. The molecule has 78 valence electrons. The summed E-state index contributed by atoms with van der Waals surface area (Å²) in [5.41, 5.74) is 0. The van der Waals surface area contributed by atoms with Gasteiger partial charge in [0.05, 0.1) is 0 Å². The van der Waals surface area contributed by atoms with E-state index in [1.54, 1.807) is 0 Å². The Morgan fingerprint density at radius 3 is 0.300 bits per heavy atom. The molecule has 0 bridgehead atoms. The first-order chi connectivity index (χ1) is 0. The summed E-state index contributed by atoms with van der Waals surface area (Å²) >= 11 is 0. The molecule has 5 nitrogen and oxygen atoms in total. The van der Waals surface area contributed by atoms with Gasteiger partial charge in [-0.15, -0.1) is 0 Å². The SMILES string of the molecule is O.O.O.O.O.[Cl-].[Cl-].[Cl-].[Cl-].[Pt+4]. The van der Waals surface area contributed by atoms with Crippen LogP contribution >= 0.6 is 0 Å². The smallest absolute Gasteiger partial charge is 1.00 e. The molecule has 0 aromatic carbocycles. The normalized spacial score (nSPS) is 0. The number of hydrogen-bond donors (Lipinski definition) is 0. The summed E-state index contributed by atoms with van der Waals surface area (Å²) in [7, 11) is 0. The molecule has 0 atom stereocenters. The zero-order chi connectivity index (χ0) is 0. The van der Waals surface area contributed by atoms with E-state index in [0.29, 0.717) is 0 Å². The van der Waals surface area contributed by atoms with Gasteiger partial charge in [0.25, 0.3) is 0 Å². The van der Waals surface area contributed by atoms with Gasteiger partial charge in [-0.25, -0.2) is 0 Å². The average molecular weight is 427 g/mol. The molecule has 0 aliphatic carbocycles. The summed E-state index contributed by atoms with van der Waals surface area (Å²) < 4.78 is 0. The van der Waals surface area contributed by atoms with Crippen LogP contribution in [0, 0.1) is 0 Å². The van der Waals surface area contributed by atoms with Gasteiger partial charge in [-0.3, -0.25) is 0 Å². The third kappa shape index (κ3) is 266. The van der Waals surface area contributed by atoms with Crippen molar-refractivity contribution in [2.75, 3.05) is 0 Å². The number of hydrogen-bond acceptors (Lipinski definition) is 0. The first-order valence-corrected chi connectivity index (χ1v) is 0. The van der Waals surface area contributed by atoms with Gasteiger partial charge in [0.15, 0.2) is 0 Å². The molecule has 0 saturated heterocycles. The maximum absolute atomic E-state index is 0. The fraction of sp³-hybridized carbons (Fsp3) is 0. The van der Waals surface area contributed by atoms with Gasteiger partial charge in [-0.05, 0) is 0 Å². The van der Waals surface area contributed by atoms with Gasteiger partial charge in [0, 0.05) is 0 Å². The topological polar surface area (TPSA) is 158 Å². The van der Waals surface area contributed by atoms with Crippen molar-refractivity contribution in [3.63, 3.8) is 0 Å². The molecule has 0 unspecified atom stereocenters. The quantitative estimate of drug-likeness (QED) is 0.360. The van der Waals surface area contributed by atoms with Crippen molar-refractivity contribution in [1.82, 2.24) is 0 Å². The van der Waals surface area contributed by atoms with Crippen LogP contribution in [0.1, 0.15) is 0 Å². The van der Waals surface area contributed by atoms with Gasteiger partial charge in [0.1, 0.15) is 0 Å². The zero-order valence-corrected chi connectivity index (χ0v) is 9.62. The summed E-state index contributed by atoms with van der Waals surface area (Å²) in [6.45, 7) is 0. The second-order valence-electron chi connectivity index (χ2n) is 0. The van der Waals surface area contributed by atoms with Crippen LogP contribution in [-0.2, 0) is 21.1 Å². The number of rotatable bonds is 0. The van der Waals surface area contributed by atoms with E-state index >= 15 is 0 Å². The Labute approximate surface area is 97.8 Å². The van der Waals surface area contributed by atoms with Gasteiger partial charge in [0.2, 0.25) is 0 Å². The molecule has 0 spiro atoms. The van der Waals surface area contributed by atoms with Crippen LogP contribution in [0.15, 0.2) is 0 Å². The third-order valence-electron chi connectivity index (χ3n) is 0. The summed E-state index contributed by atoms with van der Waals surface area (Å²) in [4.78, 5) is 0. The van der Waals surface area contributed by atoms with Gasteiger partial charge < -0.3 is 77.0 Å². The number of halogens is 4. The summed E-state index contributed by atoms with van der Waals surface area (Å²) in [6, 6.07) is 0. The molecule has 0 aliphatic rings. The van der Waals surface area contributed by atoms with Crippen LogP contribution in [0.2, 0.25) is 0 Å². The van der Waals surface area contributed by atoms with Crippen LogP contribution < -0.4 is 49.6 Å². The minimum atomic E-state index is 0. The standard InChI is InChI=1S/4ClH.5H2O.Pt/h4*1H;5*1H2;/q;;;;;;;;;+4/p-4. The minimum absolute atomic E-state index is 0. The zero-order valence-electron chi connectivity index (χ0n) is 4.33. The molecule has 0 heterocycles. The molecule has 0 fully saturated rings. The van der Waals surface area contributed by atoms with Crippen molar-refractivity contribution < 1.29 is 98.1 Å². The maximum Gasteiger partial charge on any atom is 4.00 e. The predicted octanol–water partition coefficient (Wildman–Crippen LogP) is -16.1. The summed E-state index contributed by atoms with van der Waals surface area (Å²) in [5, 5.41) is 0. The molecule has 0 amide bonds. The van der Waals surface area contributed by atoms with Crippen molar-refractivity contribution in [3.05, 3.63) is 0 Å². The fourth-order valence-electron chi connectivity index (χ4n) is 0. The molecular formula is H10Cl4O5Pt. The van der Waals surface area contributed by atoms with E-state index in [4.69, 9.17) is 0 Å². The van der Waals surface area contributed by atoms with Gasteiger partial charge in [-0.1, -0.05) is 0 Å². The van der Waals surface area contributed by atoms with Crippen molar-refractivity contribution in [1.29, 1.82) is 0 Å². The largest absolute Gasteiger partial charge is 4.00 e. The first-order valence-electron chi connectivity index (χ1n) is 0. The van der Waals surface area contributed by atoms with Crippen LogP contribution in [0.25, 0.3) is 0 Å². The van der Waals surface area contributed by atoms with Crippen LogP contribution in [0.3, 0.4) is 0 Å². The molecule has 10 heavy (non-hydrogen) atoms. The molecule has 0 radical (unpaired) electrons. The Hall–Kier alpha value is 1.65. The Morgan fingerprint density at radius 2 is 0.300 bits per heavy atom. The Morgan fingerprint density at radius 1 is 0.300 bits per heavy atom. The Bertz CT molecular complexity index is 13.6. The van der Waals surface area contributed by atoms with Crippen LogP contribution in [-0.4, -0.2) is 27.4 Å². The molecule has 0 aromatic heterocycles. The molecule has 0 aromatic rings. The molecular weight excluding hydrogens is 417 g/mol. The van der Waals surface area contributed by atoms with E-state index in [0.717, 1.165) is 0 Å². The molecule has 10 N–H and O–H groups in total. The van der Waals surface area contributed by atoms with Crippen molar-refractivity contribution >= 4 is 0 Å². The Kier molecular flexibility index (Phi) is 17700. The monoisotopic (exact) mass is 425 g/mol. The minimum Gasteiger partial charge on any atom is -1.00 e. The van der Waals surface area contributed by atoms with Gasteiger partial charge in [-0.2, -0.15) is 0 Å². The summed E-state index contributed by atoms with van der Waals surface area (Å²) in [5.74, 6) is 0. The second-order valence-corrected chi connectivity index (χ2v) is 0. The summed E-state index contributed by atoms with van der Waals surface area (Å²) in [6.07, 6.45) is 0. The van der Waals surface area contributed by atoms with E-state index in [2.05, 4.69) is 0 Å². The molecule has 0 saturated carbocycles. The van der Waals surface area contributed by atoms with Crippen molar-refractivity contribution in [2.45, 2.75) is 0 Å². The van der Waals surface area contributed by atoms with E-state index in [1.807, 2.05) is 0 Å². The van der Waals surface area contributed by atoms with Gasteiger partial charge >= 0.3 is 21.1 Å². The predicted molar refractivity (Wildman–Crippen MR) is 18.1 cm³/mol. The van der Waals surface area contributed by atoms with E-state index in [1.165, 1.54) is 0 Å². The second kappa shape index (κ2) is 365. The van der Waals surface area contributed by atoms with E-state index in [9.17, 15) is 0 Å². The fourth-order valence-corrected chi connectivity index (χ4v) is 0.